The third kappa shape index (κ3) is 2.99. The molecule has 3 nitrogen and oxygen atoms in total. The maximum atomic E-state index is 14.9. The predicted octanol–water partition coefficient (Wildman–Crippen LogP) is 3.82. The maximum absolute atomic E-state index is 14.9. The highest BCUT2D eigenvalue weighted by molar-refractivity contribution is 5.80. The number of carbonyl (C=O) groups excluding carboxylic acids is 1. The molecule has 1 amide bonds. The molecule has 1 aromatic carbocycles. The van der Waals surface area contributed by atoms with Crippen LogP contribution >= 0.6 is 0 Å². The van der Waals surface area contributed by atoms with E-state index in [0.717, 1.165) is 56.3 Å². The van der Waals surface area contributed by atoms with Crippen molar-refractivity contribution in [2.75, 3.05) is 19.7 Å². The van der Waals surface area contributed by atoms with Gasteiger partial charge in [0.1, 0.15) is 5.82 Å². The number of halogens is 1. The summed E-state index contributed by atoms with van der Waals surface area (Å²) >= 11 is 0. The molecule has 0 bridgehead atoms. The van der Waals surface area contributed by atoms with Gasteiger partial charge < -0.3 is 10.0 Å². The Morgan fingerprint density at radius 3 is 2.56 bits per heavy atom. The Balaban J connectivity index is 1.42. The normalized spacial score (nSPS) is 25.9. The van der Waals surface area contributed by atoms with Crippen molar-refractivity contribution in [2.24, 2.45) is 11.3 Å². The summed E-state index contributed by atoms with van der Waals surface area (Å²) in [7, 11) is 0. The zero-order valence-corrected chi connectivity index (χ0v) is 15.0. The van der Waals surface area contributed by atoms with Crippen LogP contribution in [0.2, 0.25) is 0 Å². The number of hydrogen-bond donors (Lipinski definition) is 1. The van der Waals surface area contributed by atoms with Crippen LogP contribution in [0.1, 0.15) is 68.4 Å². The van der Waals surface area contributed by atoms with E-state index in [1.54, 1.807) is 0 Å². The molecule has 0 unspecified atom stereocenters. The fourth-order valence-electron chi connectivity index (χ4n) is 4.91. The van der Waals surface area contributed by atoms with Gasteiger partial charge in [-0.15, -0.1) is 0 Å². The minimum atomic E-state index is -0.262. The van der Waals surface area contributed by atoms with Crippen molar-refractivity contribution >= 4 is 5.91 Å². The Morgan fingerprint density at radius 2 is 1.96 bits per heavy atom. The predicted molar refractivity (Wildman–Crippen MR) is 94.8 cm³/mol. The molecule has 1 heterocycles. The van der Waals surface area contributed by atoms with E-state index in [1.165, 1.54) is 0 Å². The van der Waals surface area contributed by atoms with Gasteiger partial charge in [0.15, 0.2) is 0 Å². The molecule has 25 heavy (non-hydrogen) atoms. The third-order valence-corrected chi connectivity index (χ3v) is 6.64. The average molecular weight is 345 g/mol. The Labute approximate surface area is 149 Å². The van der Waals surface area contributed by atoms with Crippen LogP contribution in [0, 0.1) is 17.2 Å². The Morgan fingerprint density at radius 1 is 1.28 bits per heavy atom. The molecule has 0 aromatic heterocycles. The molecular formula is C21H28FNO2. The van der Waals surface area contributed by atoms with Crippen LogP contribution in [0.3, 0.4) is 0 Å². The molecular weight excluding hydrogens is 317 g/mol. The van der Waals surface area contributed by atoms with Crippen molar-refractivity contribution in [2.45, 2.75) is 57.3 Å². The third-order valence-electron chi connectivity index (χ3n) is 6.64. The van der Waals surface area contributed by atoms with E-state index < -0.39 is 0 Å². The Kier molecular flexibility index (Phi) is 4.35. The highest BCUT2D eigenvalue weighted by atomic mass is 19.1. The molecule has 3 fully saturated rings. The molecule has 1 saturated heterocycles. The molecule has 1 aliphatic heterocycles. The molecule has 4 rings (SSSR count). The molecule has 1 N–H and O–H groups in total. The average Bonchev–Trinajstić information content (AvgIpc) is 3.32. The van der Waals surface area contributed by atoms with Crippen molar-refractivity contribution in [1.29, 1.82) is 0 Å². The quantitative estimate of drug-likeness (QED) is 0.881. The Hall–Kier alpha value is -1.42. The fraction of sp³-hybridized carbons (Fsp3) is 0.667. The summed E-state index contributed by atoms with van der Waals surface area (Å²) in [6, 6.07) is 5.93. The summed E-state index contributed by atoms with van der Waals surface area (Å²) in [5.41, 5.74) is 1.99. The van der Waals surface area contributed by atoms with Crippen molar-refractivity contribution in [3.05, 3.63) is 35.1 Å². The van der Waals surface area contributed by atoms with Gasteiger partial charge in [0.25, 0.3) is 0 Å². The summed E-state index contributed by atoms with van der Waals surface area (Å²) in [4.78, 5) is 14.3. The fourth-order valence-corrected chi connectivity index (χ4v) is 4.91. The topological polar surface area (TPSA) is 40.5 Å². The first-order chi connectivity index (χ1) is 12.1. The lowest BCUT2D eigenvalue weighted by molar-refractivity contribution is -0.149. The van der Waals surface area contributed by atoms with Crippen LogP contribution in [0.5, 0.6) is 0 Å². The van der Waals surface area contributed by atoms with E-state index >= 15 is 0 Å². The van der Waals surface area contributed by atoms with Crippen LogP contribution in [0.15, 0.2) is 18.2 Å². The number of hydrogen-bond acceptors (Lipinski definition) is 2. The van der Waals surface area contributed by atoms with E-state index in [0.29, 0.717) is 12.3 Å². The summed E-state index contributed by atoms with van der Waals surface area (Å²) in [5, 5.41) is 9.33. The van der Waals surface area contributed by atoms with Crippen LogP contribution < -0.4 is 0 Å². The molecule has 3 aliphatic rings. The van der Waals surface area contributed by atoms with Crippen molar-refractivity contribution < 1.29 is 14.3 Å². The number of aliphatic hydroxyl groups excluding tert-OH is 1. The molecule has 2 aliphatic carbocycles. The second kappa shape index (κ2) is 6.39. The zero-order valence-electron chi connectivity index (χ0n) is 15.0. The molecule has 136 valence electrons. The van der Waals surface area contributed by atoms with E-state index in [1.807, 2.05) is 30.0 Å². The molecule has 2 atom stereocenters. The first-order valence-electron chi connectivity index (χ1n) is 9.75. The summed E-state index contributed by atoms with van der Waals surface area (Å²) < 4.78 is 14.9. The largest absolute Gasteiger partial charge is 0.396 e. The van der Waals surface area contributed by atoms with E-state index in [2.05, 4.69) is 0 Å². The highest BCUT2D eigenvalue weighted by Crippen LogP contribution is 2.53. The smallest absolute Gasteiger partial charge is 0.228 e. The second-order valence-corrected chi connectivity index (χ2v) is 8.45. The van der Waals surface area contributed by atoms with Gasteiger partial charge in [0, 0.05) is 18.5 Å². The minimum absolute atomic E-state index is 0.0330. The van der Waals surface area contributed by atoms with E-state index in [-0.39, 0.29) is 35.6 Å². The number of rotatable bonds is 5. The lowest BCUT2D eigenvalue weighted by Gasteiger charge is -2.49. The first-order valence-corrected chi connectivity index (χ1v) is 9.75. The van der Waals surface area contributed by atoms with Crippen molar-refractivity contribution in [3.63, 3.8) is 0 Å². The summed E-state index contributed by atoms with van der Waals surface area (Å²) in [5.74, 6) is 0.584. The lowest BCUT2D eigenvalue weighted by Crippen LogP contribution is -2.58. The van der Waals surface area contributed by atoms with Gasteiger partial charge in [-0.2, -0.15) is 0 Å². The first kappa shape index (κ1) is 17.0. The monoisotopic (exact) mass is 345 g/mol. The maximum Gasteiger partial charge on any atom is 0.228 e. The van der Waals surface area contributed by atoms with E-state index in [4.69, 9.17) is 0 Å². The number of benzene rings is 1. The second-order valence-electron chi connectivity index (χ2n) is 8.45. The number of aliphatic hydroxyl groups is 1. The van der Waals surface area contributed by atoms with Crippen LogP contribution in [0.25, 0.3) is 0 Å². The number of likely N-dealkylation sites (tertiary alicyclic amines) is 1. The van der Waals surface area contributed by atoms with Crippen LogP contribution in [0.4, 0.5) is 4.39 Å². The van der Waals surface area contributed by atoms with Crippen molar-refractivity contribution in [1.82, 2.24) is 4.90 Å². The minimum Gasteiger partial charge on any atom is -0.396 e. The standard InChI is InChI=1S/C21H28FNO2/c1-2-14(11-24)20(25)23-12-21(13-23)9-8-16(10-21)18-5-3-4-17(19(18)22)15-6-7-15/h3-5,14-16,24H,2,6-13H2,1H3/t14-,16+/m1/s1. The van der Waals surface area contributed by atoms with Gasteiger partial charge in [-0.25, -0.2) is 4.39 Å². The van der Waals surface area contributed by atoms with Gasteiger partial charge in [0.05, 0.1) is 12.5 Å². The molecule has 1 spiro atoms. The van der Waals surface area contributed by atoms with Gasteiger partial charge in [0.2, 0.25) is 5.91 Å². The number of carbonyl (C=O) groups is 1. The molecule has 1 aromatic rings. The zero-order chi connectivity index (χ0) is 17.6. The van der Waals surface area contributed by atoms with E-state index in [9.17, 15) is 14.3 Å². The number of nitrogens with zero attached hydrogens (tertiary/aromatic N) is 1. The van der Waals surface area contributed by atoms with Crippen LogP contribution in [-0.4, -0.2) is 35.6 Å². The van der Waals surface area contributed by atoms with Crippen LogP contribution in [-0.2, 0) is 4.79 Å². The Bertz CT molecular complexity index is 660. The van der Waals surface area contributed by atoms with Gasteiger partial charge in [-0.3, -0.25) is 4.79 Å². The summed E-state index contributed by atoms with van der Waals surface area (Å²) in [6.45, 7) is 3.43. The summed E-state index contributed by atoms with van der Waals surface area (Å²) in [6.07, 6.45) is 6.00. The van der Waals surface area contributed by atoms with Gasteiger partial charge in [-0.05, 0) is 61.5 Å². The van der Waals surface area contributed by atoms with Gasteiger partial charge >= 0.3 is 0 Å². The SMILES string of the molecule is CC[C@H](CO)C(=O)N1CC2(CC[C@H](c3cccc(C4CC4)c3F)C2)C1. The highest BCUT2D eigenvalue weighted by Gasteiger charge is 2.50. The number of amides is 1. The lowest BCUT2D eigenvalue weighted by atomic mass is 9.76. The molecule has 2 saturated carbocycles. The molecule has 4 heteroatoms. The molecule has 0 radical (unpaired) electrons. The van der Waals surface area contributed by atoms with Gasteiger partial charge in [-0.1, -0.05) is 25.1 Å². The van der Waals surface area contributed by atoms with Crippen molar-refractivity contribution in [3.8, 4) is 0 Å².